The molecule has 0 radical (unpaired) electrons. The monoisotopic (exact) mass is 257 g/mol. The first-order chi connectivity index (χ1) is 9.04. The number of ether oxygens (including phenoxy) is 1. The van der Waals surface area contributed by atoms with Crippen LogP contribution in [0.2, 0.25) is 0 Å². The van der Waals surface area contributed by atoms with E-state index in [0.29, 0.717) is 0 Å². The average molecular weight is 257 g/mol. The van der Waals surface area contributed by atoms with Gasteiger partial charge in [0.25, 0.3) is 0 Å². The maximum absolute atomic E-state index is 10.2. The number of hydrogen-bond acceptors (Lipinski definition) is 3. The van der Waals surface area contributed by atoms with Gasteiger partial charge in [0, 0.05) is 25.3 Å². The predicted molar refractivity (Wildman–Crippen MR) is 79.2 cm³/mol. The lowest BCUT2D eigenvalue weighted by Crippen LogP contribution is -2.09. The topological polar surface area (TPSA) is 32.7 Å². The van der Waals surface area contributed by atoms with Gasteiger partial charge in [0.1, 0.15) is 11.5 Å². The lowest BCUT2D eigenvalue weighted by Gasteiger charge is -2.19. The standard InChI is InChI=1S/C16H19NO2/c1-11-10-12(8-9-15(11)19-4)16-13(17(2)3)6-5-7-14(16)18/h5-10,18H,1-4H3. The molecule has 0 atom stereocenters. The minimum Gasteiger partial charge on any atom is -0.507 e. The highest BCUT2D eigenvalue weighted by molar-refractivity contribution is 5.84. The number of phenols is 1. The average Bonchev–Trinajstić information content (AvgIpc) is 2.38. The fourth-order valence-corrected chi connectivity index (χ4v) is 2.23. The van der Waals surface area contributed by atoms with Crippen molar-refractivity contribution in [1.82, 2.24) is 0 Å². The number of aryl methyl sites for hydroxylation is 1. The largest absolute Gasteiger partial charge is 0.507 e. The molecule has 0 spiro atoms. The Bertz CT molecular complexity index is 591. The summed E-state index contributed by atoms with van der Waals surface area (Å²) >= 11 is 0. The summed E-state index contributed by atoms with van der Waals surface area (Å²) in [5, 5.41) is 10.2. The van der Waals surface area contributed by atoms with Gasteiger partial charge in [-0.05, 0) is 42.3 Å². The molecule has 3 nitrogen and oxygen atoms in total. The number of phenolic OH excluding ortho intramolecular Hbond substituents is 1. The lowest BCUT2D eigenvalue weighted by molar-refractivity contribution is 0.412. The fraction of sp³-hybridized carbons (Fsp3) is 0.250. The van der Waals surface area contributed by atoms with Crippen molar-refractivity contribution < 1.29 is 9.84 Å². The van der Waals surface area contributed by atoms with Gasteiger partial charge in [0.2, 0.25) is 0 Å². The quantitative estimate of drug-likeness (QED) is 0.914. The minimum absolute atomic E-state index is 0.288. The molecule has 0 saturated carbocycles. The number of rotatable bonds is 3. The van der Waals surface area contributed by atoms with Crippen LogP contribution in [0.4, 0.5) is 5.69 Å². The SMILES string of the molecule is COc1ccc(-c2c(O)cccc2N(C)C)cc1C. The Labute approximate surface area is 114 Å². The highest BCUT2D eigenvalue weighted by Crippen LogP contribution is 2.38. The first-order valence-electron chi connectivity index (χ1n) is 6.19. The molecule has 3 heteroatoms. The maximum atomic E-state index is 10.2. The maximum Gasteiger partial charge on any atom is 0.125 e. The zero-order chi connectivity index (χ0) is 14.0. The molecule has 0 fully saturated rings. The van der Waals surface area contributed by atoms with Crippen LogP contribution in [0.25, 0.3) is 11.1 Å². The molecule has 0 aliphatic heterocycles. The van der Waals surface area contributed by atoms with Crippen LogP contribution in [0.3, 0.4) is 0 Å². The molecule has 19 heavy (non-hydrogen) atoms. The number of anilines is 1. The summed E-state index contributed by atoms with van der Waals surface area (Å²) in [6, 6.07) is 11.5. The van der Waals surface area contributed by atoms with E-state index in [1.807, 2.05) is 56.3 Å². The highest BCUT2D eigenvalue weighted by atomic mass is 16.5. The number of benzene rings is 2. The van der Waals surface area contributed by atoms with E-state index in [-0.39, 0.29) is 5.75 Å². The molecule has 100 valence electrons. The van der Waals surface area contributed by atoms with E-state index < -0.39 is 0 Å². The molecule has 0 bridgehead atoms. The van der Waals surface area contributed by atoms with Crippen molar-refractivity contribution >= 4 is 5.69 Å². The fourth-order valence-electron chi connectivity index (χ4n) is 2.23. The number of aromatic hydroxyl groups is 1. The van der Waals surface area contributed by atoms with Crippen LogP contribution in [0.15, 0.2) is 36.4 Å². The summed E-state index contributed by atoms with van der Waals surface area (Å²) in [5.41, 5.74) is 3.87. The Kier molecular flexibility index (Phi) is 3.65. The second-order valence-corrected chi connectivity index (χ2v) is 4.75. The van der Waals surface area contributed by atoms with Gasteiger partial charge in [-0.1, -0.05) is 12.1 Å². The Balaban J connectivity index is 2.61. The van der Waals surface area contributed by atoms with Crippen LogP contribution in [-0.4, -0.2) is 26.3 Å². The van der Waals surface area contributed by atoms with Crippen molar-refractivity contribution in [3.8, 4) is 22.6 Å². The van der Waals surface area contributed by atoms with Crippen LogP contribution in [0.5, 0.6) is 11.5 Å². The van der Waals surface area contributed by atoms with Crippen molar-refractivity contribution in [3.05, 3.63) is 42.0 Å². The van der Waals surface area contributed by atoms with Gasteiger partial charge < -0.3 is 14.7 Å². The van der Waals surface area contributed by atoms with Crippen LogP contribution >= 0.6 is 0 Å². The first-order valence-corrected chi connectivity index (χ1v) is 6.19. The van der Waals surface area contributed by atoms with Gasteiger partial charge in [0.05, 0.1) is 7.11 Å². The van der Waals surface area contributed by atoms with E-state index >= 15 is 0 Å². The van der Waals surface area contributed by atoms with E-state index in [0.717, 1.165) is 28.1 Å². The summed E-state index contributed by atoms with van der Waals surface area (Å²) in [4.78, 5) is 1.99. The molecular weight excluding hydrogens is 238 g/mol. The second kappa shape index (κ2) is 5.22. The number of nitrogens with zero attached hydrogens (tertiary/aromatic N) is 1. The molecule has 2 aromatic carbocycles. The first kappa shape index (κ1) is 13.3. The van der Waals surface area contributed by atoms with E-state index in [2.05, 4.69) is 0 Å². The van der Waals surface area contributed by atoms with E-state index in [1.165, 1.54) is 0 Å². The third kappa shape index (κ3) is 2.50. The van der Waals surface area contributed by atoms with E-state index in [1.54, 1.807) is 13.2 Å². The highest BCUT2D eigenvalue weighted by Gasteiger charge is 2.12. The third-order valence-electron chi connectivity index (χ3n) is 3.19. The summed E-state index contributed by atoms with van der Waals surface area (Å²) in [7, 11) is 5.59. The normalized spacial score (nSPS) is 10.3. The van der Waals surface area contributed by atoms with Gasteiger partial charge >= 0.3 is 0 Å². The Hall–Kier alpha value is -2.16. The number of hydrogen-bond donors (Lipinski definition) is 1. The second-order valence-electron chi connectivity index (χ2n) is 4.75. The van der Waals surface area contributed by atoms with Gasteiger partial charge in [-0.2, -0.15) is 0 Å². The summed E-state index contributed by atoms with van der Waals surface area (Å²) in [6.07, 6.45) is 0. The molecule has 0 amide bonds. The van der Waals surface area contributed by atoms with Crippen LogP contribution in [0, 0.1) is 6.92 Å². The Morgan fingerprint density at radius 1 is 1.11 bits per heavy atom. The van der Waals surface area contributed by atoms with Crippen LogP contribution in [-0.2, 0) is 0 Å². The lowest BCUT2D eigenvalue weighted by atomic mass is 9.99. The van der Waals surface area contributed by atoms with Crippen molar-refractivity contribution in [3.63, 3.8) is 0 Å². The minimum atomic E-state index is 0.288. The third-order valence-corrected chi connectivity index (χ3v) is 3.19. The van der Waals surface area contributed by atoms with Gasteiger partial charge in [-0.25, -0.2) is 0 Å². The summed E-state index contributed by atoms with van der Waals surface area (Å²) < 4.78 is 5.27. The molecule has 0 aromatic heterocycles. The smallest absolute Gasteiger partial charge is 0.125 e. The zero-order valence-corrected chi connectivity index (χ0v) is 11.8. The van der Waals surface area contributed by atoms with E-state index in [9.17, 15) is 5.11 Å². The van der Waals surface area contributed by atoms with Gasteiger partial charge in [-0.15, -0.1) is 0 Å². The molecule has 2 rings (SSSR count). The van der Waals surface area contributed by atoms with Crippen molar-refractivity contribution in [1.29, 1.82) is 0 Å². The summed E-state index contributed by atoms with van der Waals surface area (Å²) in [6.45, 7) is 2.00. The predicted octanol–water partition coefficient (Wildman–Crippen LogP) is 3.44. The van der Waals surface area contributed by atoms with Crippen LogP contribution < -0.4 is 9.64 Å². The molecule has 2 aromatic rings. The molecule has 0 heterocycles. The molecule has 0 unspecified atom stereocenters. The van der Waals surface area contributed by atoms with Crippen molar-refractivity contribution in [2.45, 2.75) is 6.92 Å². The van der Waals surface area contributed by atoms with Gasteiger partial charge in [0.15, 0.2) is 0 Å². The Morgan fingerprint density at radius 3 is 2.42 bits per heavy atom. The molecular formula is C16H19NO2. The molecule has 1 N–H and O–H groups in total. The van der Waals surface area contributed by atoms with Crippen LogP contribution in [0.1, 0.15) is 5.56 Å². The van der Waals surface area contributed by atoms with Crippen molar-refractivity contribution in [2.24, 2.45) is 0 Å². The van der Waals surface area contributed by atoms with Crippen molar-refractivity contribution in [2.75, 3.05) is 26.1 Å². The zero-order valence-electron chi connectivity index (χ0n) is 11.8. The van der Waals surface area contributed by atoms with E-state index in [4.69, 9.17) is 4.74 Å². The number of methoxy groups -OCH3 is 1. The molecule has 0 aliphatic rings. The molecule has 0 saturated heterocycles. The summed E-state index contributed by atoms with van der Waals surface area (Å²) in [5.74, 6) is 1.14. The Morgan fingerprint density at radius 2 is 1.84 bits per heavy atom. The molecule has 0 aliphatic carbocycles. The van der Waals surface area contributed by atoms with Gasteiger partial charge in [-0.3, -0.25) is 0 Å².